The highest BCUT2D eigenvalue weighted by atomic mass is 31.3. The Morgan fingerprint density at radius 1 is 1.24 bits per heavy atom. The number of phosphoric acid groups is 2. The van der Waals surface area contributed by atoms with E-state index in [1.807, 2.05) is 0 Å². The molecule has 0 spiro atoms. The van der Waals surface area contributed by atoms with Crippen LogP contribution in [0.25, 0.3) is 0 Å². The Bertz CT molecular complexity index is 519. The lowest BCUT2D eigenvalue weighted by Gasteiger charge is -2.17. The monoisotopic (exact) mass is 344 g/mol. The van der Waals surface area contributed by atoms with Gasteiger partial charge in [-0.05, 0) is 6.92 Å². The second-order valence-electron chi connectivity index (χ2n) is 3.38. The zero-order chi connectivity index (χ0) is 16.7. The minimum atomic E-state index is -5.27. The highest BCUT2D eigenvalue weighted by molar-refractivity contribution is 7.61. The molecule has 0 radical (unpaired) electrons. The second kappa shape index (κ2) is 8.23. The van der Waals surface area contributed by atoms with Crippen LogP contribution in [0, 0.1) is 0 Å². The van der Waals surface area contributed by atoms with Crippen LogP contribution in [-0.2, 0) is 36.8 Å². The van der Waals surface area contributed by atoms with Gasteiger partial charge in [-0.3, -0.25) is 4.52 Å². The third kappa shape index (κ3) is 9.30. The van der Waals surface area contributed by atoms with Crippen molar-refractivity contribution in [2.24, 2.45) is 0 Å². The summed E-state index contributed by atoms with van der Waals surface area (Å²) in [5.41, 5.74) is -0.203. The molecule has 120 valence electrons. The molecule has 0 aromatic carbocycles. The quantitative estimate of drug-likeness (QED) is 0.269. The normalized spacial score (nSPS) is 13.9. The Labute approximate surface area is 120 Å². The Kier molecular flexibility index (Phi) is 7.73. The molecule has 21 heavy (non-hydrogen) atoms. The number of esters is 1. The van der Waals surface area contributed by atoms with Crippen LogP contribution in [0.15, 0.2) is 24.8 Å². The van der Waals surface area contributed by atoms with Crippen molar-refractivity contribution in [2.45, 2.75) is 6.92 Å². The summed E-state index contributed by atoms with van der Waals surface area (Å²) in [6.07, 6.45) is 0.854. The minimum Gasteiger partial charge on any atom is -0.460 e. The van der Waals surface area contributed by atoms with E-state index in [-0.39, 0.29) is 5.57 Å². The van der Waals surface area contributed by atoms with Crippen molar-refractivity contribution in [2.75, 3.05) is 13.2 Å². The number of hydrogen-bond donors (Lipinski definition) is 2. The molecule has 0 aliphatic heterocycles. The standard InChI is InChI=1S/C9H14O10P2/c1-4-8(10)16-5-6-17-21(15,19-20(12,13)14)18-9(11)7(2)3/h4H,1-2,5-6H2,3H3,(H2,12,13,14). The Morgan fingerprint density at radius 3 is 2.24 bits per heavy atom. The van der Waals surface area contributed by atoms with E-state index < -0.39 is 40.8 Å². The van der Waals surface area contributed by atoms with Crippen LogP contribution in [0.1, 0.15) is 6.92 Å². The fraction of sp³-hybridized carbons (Fsp3) is 0.333. The third-order valence-electron chi connectivity index (χ3n) is 1.49. The van der Waals surface area contributed by atoms with E-state index in [4.69, 9.17) is 9.79 Å². The maximum Gasteiger partial charge on any atom is 0.541 e. The van der Waals surface area contributed by atoms with Gasteiger partial charge in [0.1, 0.15) is 6.61 Å². The zero-order valence-electron chi connectivity index (χ0n) is 11.0. The van der Waals surface area contributed by atoms with Gasteiger partial charge in [0.05, 0.1) is 6.61 Å². The van der Waals surface area contributed by atoms with E-state index in [0.717, 1.165) is 6.08 Å². The number of phosphoric ester groups is 1. The molecule has 0 rings (SSSR count). The van der Waals surface area contributed by atoms with Gasteiger partial charge in [0.2, 0.25) is 0 Å². The maximum absolute atomic E-state index is 11.9. The summed E-state index contributed by atoms with van der Waals surface area (Å²) >= 11 is 0. The van der Waals surface area contributed by atoms with E-state index in [1.54, 1.807) is 0 Å². The van der Waals surface area contributed by atoms with Gasteiger partial charge in [0.15, 0.2) is 0 Å². The van der Waals surface area contributed by atoms with Gasteiger partial charge in [-0.25, -0.2) is 18.7 Å². The maximum atomic E-state index is 11.9. The highest BCUT2D eigenvalue weighted by Gasteiger charge is 2.39. The molecule has 0 fully saturated rings. The number of carbonyl (C=O) groups excluding carboxylic acids is 2. The molecule has 0 aliphatic carbocycles. The van der Waals surface area contributed by atoms with Gasteiger partial charge in [-0.1, -0.05) is 13.2 Å². The van der Waals surface area contributed by atoms with Crippen molar-refractivity contribution in [3.8, 4) is 0 Å². The molecular weight excluding hydrogens is 330 g/mol. The van der Waals surface area contributed by atoms with Crippen LogP contribution in [0.2, 0.25) is 0 Å². The zero-order valence-corrected chi connectivity index (χ0v) is 12.7. The van der Waals surface area contributed by atoms with Gasteiger partial charge >= 0.3 is 27.6 Å². The molecule has 0 saturated heterocycles. The first-order chi connectivity index (χ1) is 9.49. The van der Waals surface area contributed by atoms with Crippen molar-refractivity contribution in [1.29, 1.82) is 0 Å². The van der Waals surface area contributed by atoms with Gasteiger partial charge in [0, 0.05) is 11.6 Å². The fourth-order valence-electron chi connectivity index (χ4n) is 0.727. The molecule has 2 N–H and O–H groups in total. The predicted molar refractivity (Wildman–Crippen MR) is 68.7 cm³/mol. The van der Waals surface area contributed by atoms with Gasteiger partial charge in [-0.15, -0.1) is 0 Å². The second-order valence-corrected chi connectivity index (χ2v) is 6.35. The number of ether oxygens (including phenoxy) is 1. The lowest BCUT2D eigenvalue weighted by molar-refractivity contribution is -0.139. The molecular formula is C9H14O10P2. The van der Waals surface area contributed by atoms with Crippen molar-refractivity contribution >= 4 is 27.6 Å². The summed E-state index contributed by atoms with van der Waals surface area (Å²) in [6, 6.07) is 0. The molecule has 1 unspecified atom stereocenters. The van der Waals surface area contributed by atoms with Crippen LogP contribution < -0.4 is 0 Å². The summed E-state index contributed by atoms with van der Waals surface area (Å²) in [5.74, 6) is -2.04. The highest BCUT2D eigenvalue weighted by Crippen LogP contribution is 2.61. The van der Waals surface area contributed by atoms with Crippen molar-refractivity contribution in [3.05, 3.63) is 24.8 Å². The van der Waals surface area contributed by atoms with Crippen LogP contribution >= 0.6 is 15.6 Å². The van der Waals surface area contributed by atoms with Gasteiger partial charge < -0.3 is 19.0 Å². The molecule has 0 amide bonds. The van der Waals surface area contributed by atoms with E-state index in [2.05, 4.69) is 31.3 Å². The first kappa shape index (κ1) is 19.7. The third-order valence-corrected chi connectivity index (χ3v) is 4.03. The van der Waals surface area contributed by atoms with Crippen LogP contribution in [-0.4, -0.2) is 34.9 Å². The SMILES string of the molecule is C=CC(=O)OCCOP(=O)(OC(=O)C(=C)C)OP(=O)(O)O. The van der Waals surface area contributed by atoms with E-state index in [0.29, 0.717) is 0 Å². The predicted octanol–water partition coefficient (Wildman–Crippen LogP) is 1.07. The summed E-state index contributed by atoms with van der Waals surface area (Å²) in [7, 11) is -10.2. The summed E-state index contributed by atoms with van der Waals surface area (Å²) in [4.78, 5) is 39.2. The van der Waals surface area contributed by atoms with Crippen LogP contribution in [0.3, 0.4) is 0 Å². The van der Waals surface area contributed by atoms with Crippen LogP contribution in [0.4, 0.5) is 0 Å². The van der Waals surface area contributed by atoms with Crippen molar-refractivity contribution < 1.29 is 46.6 Å². The number of hydrogen-bond acceptors (Lipinski definition) is 8. The van der Waals surface area contributed by atoms with Crippen molar-refractivity contribution in [1.82, 2.24) is 0 Å². The molecule has 1 atom stereocenters. The molecule has 0 heterocycles. The Balaban J connectivity index is 4.74. The molecule has 12 heteroatoms. The summed E-state index contributed by atoms with van der Waals surface area (Å²) in [5, 5.41) is 0. The van der Waals surface area contributed by atoms with Crippen molar-refractivity contribution in [3.63, 3.8) is 0 Å². The molecule has 0 aromatic rings. The molecule has 0 saturated carbocycles. The lowest BCUT2D eigenvalue weighted by atomic mass is 10.4. The van der Waals surface area contributed by atoms with Gasteiger partial charge in [-0.2, -0.15) is 4.31 Å². The number of rotatable bonds is 9. The fourth-order valence-corrected chi connectivity index (χ4v) is 2.80. The van der Waals surface area contributed by atoms with Gasteiger partial charge in [0.25, 0.3) is 0 Å². The largest absolute Gasteiger partial charge is 0.541 e. The average Bonchev–Trinajstić information content (AvgIpc) is 2.31. The first-order valence-corrected chi connectivity index (χ1v) is 8.18. The van der Waals surface area contributed by atoms with Crippen LogP contribution in [0.5, 0.6) is 0 Å². The summed E-state index contributed by atoms with van der Waals surface area (Å²) < 4.78 is 39.6. The van der Waals surface area contributed by atoms with E-state index in [9.17, 15) is 18.7 Å². The van der Waals surface area contributed by atoms with E-state index >= 15 is 0 Å². The Morgan fingerprint density at radius 2 is 1.81 bits per heavy atom. The minimum absolute atomic E-state index is 0.203. The smallest absolute Gasteiger partial charge is 0.460 e. The lowest BCUT2D eigenvalue weighted by Crippen LogP contribution is -2.11. The first-order valence-electron chi connectivity index (χ1n) is 5.19. The topological polar surface area (TPSA) is 146 Å². The Hall–Kier alpha value is -1.28. The molecule has 0 aromatic heterocycles. The van der Waals surface area contributed by atoms with E-state index in [1.165, 1.54) is 6.92 Å². The molecule has 10 nitrogen and oxygen atoms in total. The average molecular weight is 344 g/mol. The number of carbonyl (C=O) groups is 2. The molecule has 0 bridgehead atoms. The molecule has 0 aliphatic rings. The summed E-state index contributed by atoms with van der Waals surface area (Å²) in [6.45, 7) is 6.46.